The SMILES string of the molecule is Cc1ccc(-c2ccc(C(=O)N[C@@H](CCCN)C(=O)N(C)[C@@H]3C(=O)N[C@@H](C)C(=O)N[C@H](C(=O)NN)Cc4ccc(OCCN)c(c4)-c4cc3ccc4OCCN)cc2)cc1. The van der Waals surface area contributed by atoms with E-state index in [-0.39, 0.29) is 45.7 Å². The molecule has 1 heterocycles. The molecule has 4 aromatic carbocycles. The fourth-order valence-electron chi connectivity index (χ4n) is 6.94. The highest BCUT2D eigenvalue weighted by atomic mass is 16.5. The van der Waals surface area contributed by atoms with Crippen molar-refractivity contribution in [1.29, 1.82) is 0 Å². The van der Waals surface area contributed by atoms with Gasteiger partial charge in [0.2, 0.25) is 17.7 Å². The maximum Gasteiger partial charge on any atom is 0.256 e. The van der Waals surface area contributed by atoms with Crippen LogP contribution in [-0.4, -0.2) is 92.5 Å². The second-order valence-corrected chi connectivity index (χ2v) is 14.6. The number of carbonyl (C=O) groups excluding carboxylic acids is 5. The highest BCUT2D eigenvalue weighted by Crippen LogP contribution is 2.40. The Kier molecular flexibility index (Phi) is 15.7. The number of carbonyl (C=O) groups is 5. The number of hydrogen-bond acceptors (Lipinski definition) is 11. The summed E-state index contributed by atoms with van der Waals surface area (Å²) in [6.07, 6.45) is 0.600. The topological polar surface area (TPSA) is 259 Å². The van der Waals surface area contributed by atoms with Crippen LogP contribution in [0.2, 0.25) is 0 Å². The molecule has 0 aromatic heterocycles. The van der Waals surface area contributed by atoms with Gasteiger partial charge in [0.1, 0.15) is 48.9 Å². The second-order valence-electron chi connectivity index (χ2n) is 14.6. The number of likely N-dealkylation sites (N-methyl/N-ethyl adjacent to an activating group) is 1. The van der Waals surface area contributed by atoms with Gasteiger partial charge < -0.3 is 47.5 Å². The first-order valence-electron chi connectivity index (χ1n) is 19.9. The monoisotopic (exact) mass is 821 g/mol. The lowest BCUT2D eigenvalue weighted by Gasteiger charge is -2.32. The summed E-state index contributed by atoms with van der Waals surface area (Å²) in [5, 5.41) is 8.28. The van der Waals surface area contributed by atoms with E-state index in [0.717, 1.165) is 16.7 Å². The summed E-state index contributed by atoms with van der Waals surface area (Å²) in [5.41, 5.74) is 25.0. The van der Waals surface area contributed by atoms with Crippen LogP contribution in [0.15, 0.2) is 84.9 Å². The summed E-state index contributed by atoms with van der Waals surface area (Å²) in [6, 6.07) is 20.6. The van der Waals surface area contributed by atoms with Crippen molar-refractivity contribution < 1.29 is 33.4 Å². The normalized spacial score (nSPS) is 16.9. The van der Waals surface area contributed by atoms with Crippen LogP contribution in [0.4, 0.5) is 0 Å². The molecule has 0 saturated carbocycles. The van der Waals surface area contributed by atoms with Crippen molar-refractivity contribution in [3.8, 4) is 33.8 Å². The van der Waals surface area contributed by atoms with Gasteiger partial charge in [0.05, 0.1) is 0 Å². The number of aryl methyl sites for hydroxylation is 1. The van der Waals surface area contributed by atoms with E-state index < -0.39 is 53.7 Å². The van der Waals surface area contributed by atoms with Crippen molar-refractivity contribution in [2.75, 3.05) is 39.9 Å². The van der Waals surface area contributed by atoms with Gasteiger partial charge in [-0.25, -0.2) is 5.84 Å². The first-order chi connectivity index (χ1) is 28.9. The Morgan fingerprint density at radius 3 is 2.00 bits per heavy atom. The number of ether oxygens (including phenoxy) is 2. The molecule has 0 radical (unpaired) electrons. The number of benzene rings is 4. The minimum atomic E-state index is -1.34. The number of hydrazine groups is 1. The average Bonchev–Trinajstić information content (AvgIpc) is 3.25. The van der Waals surface area contributed by atoms with Gasteiger partial charge in [-0.05, 0) is 91.9 Å². The summed E-state index contributed by atoms with van der Waals surface area (Å²) in [5.74, 6) is 3.23. The van der Waals surface area contributed by atoms with Crippen molar-refractivity contribution in [3.05, 3.63) is 107 Å². The molecule has 0 spiro atoms. The van der Waals surface area contributed by atoms with E-state index in [0.29, 0.717) is 45.7 Å². The third-order valence-corrected chi connectivity index (χ3v) is 10.2. The molecule has 12 N–H and O–H groups in total. The van der Waals surface area contributed by atoms with E-state index >= 15 is 0 Å². The van der Waals surface area contributed by atoms with E-state index in [4.69, 9.17) is 32.5 Å². The van der Waals surface area contributed by atoms with Crippen LogP contribution in [0.25, 0.3) is 22.3 Å². The van der Waals surface area contributed by atoms with Gasteiger partial charge in [-0.15, -0.1) is 0 Å². The molecule has 60 heavy (non-hydrogen) atoms. The van der Waals surface area contributed by atoms with Crippen molar-refractivity contribution in [2.24, 2.45) is 23.0 Å². The van der Waals surface area contributed by atoms with Crippen LogP contribution in [0.1, 0.15) is 52.9 Å². The van der Waals surface area contributed by atoms with Gasteiger partial charge in [-0.2, -0.15) is 0 Å². The van der Waals surface area contributed by atoms with Gasteiger partial charge in [-0.3, -0.25) is 29.4 Å². The summed E-state index contributed by atoms with van der Waals surface area (Å²) < 4.78 is 12.2. The summed E-state index contributed by atoms with van der Waals surface area (Å²) >= 11 is 0. The Morgan fingerprint density at radius 2 is 1.40 bits per heavy atom. The standard InChI is InChI=1S/C44H55N9O7/c1-26-6-9-29(10-7-26)30-11-13-31(14-12-30)41(55)50-35(5-4-18-45)44(58)53(3)39-32-15-17-38(60-22-20-47)34(25-32)33-23-28(8-16-37(33)59-21-19-46)24-36(42(56)52-48)51-40(54)27(2)49-43(39)57/h6-17,23,25,27,35-36,39H,4-5,18-22,24,45-48H2,1-3H3,(H,49,57)(H,50,55)(H,51,54)(H,52,56)/t27-,35-,36-,39-/m0/s1. The van der Waals surface area contributed by atoms with Crippen LogP contribution in [0.3, 0.4) is 0 Å². The van der Waals surface area contributed by atoms with Crippen LogP contribution in [0, 0.1) is 6.92 Å². The van der Waals surface area contributed by atoms with Gasteiger partial charge in [0, 0.05) is 43.2 Å². The molecule has 318 valence electrons. The minimum Gasteiger partial charge on any atom is -0.492 e. The lowest BCUT2D eigenvalue weighted by atomic mass is 9.93. The van der Waals surface area contributed by atoms with Crippen molar-refractivity contribution in [2.45, 2.75) is 57.3 Å². The van der Waals surface area contributed by atoms with Crippen LogP contribution < -0.4 is 53.9 Å². The molecule has 16 heteroatoms. The molecule has 16 nitrogen and oxygen atoms in total. The molecular formula is C44H55N9O7. The number of hydrogen-bond donors (Lipinski definition) is 8. The molecule has 4 bridgehead atoms. The number of rotatable bonds is 15. The molecule has 0 saturated heterocycles. The van der Waals surface area contributed by atoms with Gasteiger partial charge in [-0.1, -0.05) is 54.1 Å². The van der Waals surface area contributed by atoms with E-state index in [1.807, 2.05) is 43.3 Å². The molecule has 1 aliphatic rings. The predicted molar refractivity (Wildman–Crippen MR) is 228 cm³/mol. The first kappa shape index (κ1) is 44.8. The molecule has 4 aromatic rings. The molecular weight excluding hydrogens is 767 g/mol. The smallest absolute Gasteiger partial charge is 0.256 e. The molecule has 1 aliphatic heterocycles. The largest absolute Gasteiger partial charge is 0.492 e. The van der Waals surface area contributed by atoms with Crippen LogP contribution in [-0.2, 0) is 25.6 Å². The van der Waals surface area contributed by atoms with Crippen LogP contribution >= 0.6 is 0 Å². The molecule has 4 atom stereocenters. The predicted octanol–water partition coefficient (Wildman–Crippen LogP) is 1.58. The molecule has 0 aliphatic carbocycles. The highest BCUT2D eigenvalue weighted by molar-refractivity contribution is 5.99. The third-order valence-electron chi connectivity index (χ3n) is 10.2. The van der Waals surface area contributed by atoms with Crippen molar-refractivity contribution in [1.82, 2.24) is 26.3 Å². The Balaban J connectivity index is 1.57. The molecule has 0 unspecified atom stereocenters. The lowest BCUT2D eigenvalue weighted by Crippen LogP contribution is -2.56. The van der Waals surface area contributed by atoms with Gasteiger partial charge in [0.15, 0.2) is 0 Å². The van der Waals surface area contributed by atoms with Gasteiger partial charge in [0.25, 0.3) is 11.8 Å². The zero-order valence-electron chi connectivity index (χ0n) is 34.2. The Labute approximate surface area is 349 Å². The lowest BCUT2D eigenvalue weighted by molar-refractivity contribution is -0.141. The van der Waals surface area contributed by atoms with E-state index in [1.54, 1.807) is 48.5 Å². The minimum absolute atomic E-state index is 0.0327. The molecule has 5 amide bonds. The number of nitrogens with two attached hydrogens (primary N) is 4. The maximum absolute atomic E-state index is 14.6. The summed E-state index contributed by atoms with van der Waals surface area (Å²) in [7, 11) is 1.45. The summed E-state index contributed by atoms with van der Waals surface area (Å²) in [6.45, 7) is 4.47. The Bertz CT molecular complexity index is 2150. The van der Waals surface area contributed by atoms with E-state index in [9.17, 15) is 24.0 Å². The number of nitrogens with one attached hydrogen (secondary N) is 4. The Morgan fingerprint density at radius 1 is 0.800 bits per heavy atom. The van der Waals surface area contributed by atoms with Crippen molar-refractivity contribution >= 4 is 29.5 Å². The quantitative estimate of drug-likeness (QED) is 0.0485. The zero-order chi connectivity index (χ0) is 43.3. The number of nitrogens with zero attached hydrogens (tertiary/aromatic N) is 1. The second kappa shape index (κ2) is 21.1. The fourth-order valence-corrected chi connectivity index (χ4v) is 6.94. The third kappa shape index (κ3) is 11.0. The number of fused-ring (bicyclic) bond motifs is 5. The summed E-state index contributed by atoms with van der Waals surface area (Å²) in [4.78, 5) is 70.5. The Hall–Kier alpha value is -6.33. The first-order valence-corrected chi connectivity index (χ1v) is 19.9. The maximum atomic E-state index is 14.6. The molecule has 0 fully saturated rings. The number of amides is 5. The van der Waals surface area contributed by atoms with Gasteiger partial charge >= 0.3 is 0 Å². The van der Waals surface area contributed by atoms with E-state index in [1.165, 1.54) is 18.9 Å². The van der Waals surface area contributed by atoms with Crippen molar-refractivity contribution in [3.63, 3.8) is 0 Å². The zero-order valence-corrected chi connectivity index (χ0v) is 34.2. The fraction of sp³-hybridized carbons (Fsp3) is 0.341. The highest BCUT2D eigenvalue weighted by Gasteiger charge is 2.36. The molecule has 5 rings (SSSR count). The van der Waals surface area contributed by atoms with Crippen LogP contribution in [0.5, 0.6) is 11.5 Å². The van der Waals surface area contributed by atoms with E-state index in [2.05, 4.69) is 21.4 Å². The average molecular weight is 822 g/mol.